The van der Waals surface area contributed by atoms with E-state index in [1.807, 2.05) is 0 Å². The lowest BCUT2D eigenvalue weighted by Gasteiger charge is -2.11. The minimum Gasteiger partial charge on any atom is -0.510 e. The molecule has 0 saturated heterocycles. The number of para-hydroxylation sites is 4. The molecule has 0 aliphatic heterocycles. The number of ether oxygens (including phenoxy) is 2. The van der Waals surface area contributed by atoms with Crippen LogP contribution in [0.1, 0.15) is 6.92 Å². The van der Waals surface area contributed by atoms with Gasteiger partial charge >= 0.3 is 0 Å². The molecule has 3 aromatic rings. The van der Waals surface area contributed by atoms with E-state index in [9.17, 15) is 18.3 Å². The number of hydrogen-bond acceptors (Lipinski definition) is 8. The monoisotopic (exact) mass is 496 g/mol. The second-order valence-electron chi connectivity index (χ2n) is 7.09. The summed E-state index contributed by atoms with van der Waals surface area (Å²) in [5.41, 5.74) is 0.452. The van der Waals surface area contributed by atoms with Crippen LogP contribution in [0.15, 0.2) is 99.4 Å². The van der Waals surface area contributed by atoms with Gasteiger partial charge in [-0.2, -0.15) is 5.11 Å². The van der Waals surface area contributed by atoms with Gasteiger partial charge in [0.1, 0.15) is 17.3 Å². The van der Waals surface area contributed by atoms with E-state index in [-0.39, 0.29) is 27.7 Å². The maximum atomic E-state index is 12.9. The first-order valence-electron chi connectivity index (χ1n) is 10.3. The number of azo groups is 1. The van der Waals surface area contributed by atoms with Crippen molar-refractivity contribution in [3.8, 4) is 11.5 Å². The number of nitrogens with zero attached hydrogens (tertiary/aromatic N) is 2. The van der Waals surface area contributed by atoms with Crippen LogP contribution in [-0.2, 0) is 14.8 Å². The van der Waals surface area contributed by atoms with Crippen molar-refractivity contribution < 1.29 is 27.8 Å². The second-order valence-corrected chi connectivity index (χ2v) is 8.77. The number of nitrogens with one attached hydrogen (secondary N) is 2. The average Bonchev–Trinajstić information content (AvgIpc) is 2.84. The molecule has 0 radical (unpaired) electrons. The summed E-state index contributed by atoms with van der Waals surface area (Å²) in [5.74, 6) is -0.308. The molecule has 10 nitrogen and oxygen atoms in total. The lowest BCUT2D eigenvalue weighted by molar-refractivity contribution is -0.113. The van der Waals surface area contributed by atoms with Crippen molar-refractivity contribution in [1.82, 2.24) is 0 Å². The van der Waals surface area contributed by atoms with Crippen LogP contribution >= 0.6 is 0 Å². The van der Waals surface area contributed by atoms with Crippen LogP contribution in [0.25, 0.3) is 0 Å². The largest absolute Gasteiger partial charge is 0.510 e. The lowest BCUT2D eigenvalue weighted by atomic mass is 10.2. The molecule has 3 N–H and O–H groups in total. The van der Waals surface area contributed by atoms with Crippen LogP contribution in [-0.4, -0.2) is 33.7 Å². The van der Waals surface area contributed by atoms with Crippen molar-refractivity contribution >= 4 is 33.0 Å². The summed E-state index contributed by atoms with van der Waals surface area (Å²) in [6.45, 7) is 1.29. The number of allylic oxidation sites excluding steroid dienone is 1. The number of aliphatic hydroxyl groups excluding tert-OH is 1. The fourth-order valence-corrected chi connectivity index (χ4v) is 4.07. The normalized spacial score (nSPS) is 12.1. The summed E-state index contributed by atoms with van der Waals surface area (Å²) in [4.78, 5) is 12.6. The highest BCUT2D eigenvalue weighted by molar-refractivity contribution is 7.92. The summed E-state index contributed by atoms with van der Waals surface area (Å²) in [7, 11) is -1.08. The van der Waals surface area contributed by atoms with Crippen LogP contribution < -0.4 is 19.5 Å². The lowest BCUT2D eigenvalue weighted by Crippen LogP contribution is -2.15. The predicted molar refractivity (Wildman–Crippen MR) is 132 cm³/mol. The Hall–Kier alpha value is -4.38. The zero-order valence-electron chi connectivity index (χ0n) is 19.2. The molecule has 0 atom stereocenters. The number of aliphatic hydroxyl groups is 1. The fraction of sp³-hybridized carbons (Fsp3) is 0.125. The molecule has 182 valence electrons. The van der Waals surface area contributed by atoms with E-state index in [0.717, 1.165) is 0 Å². The zero-order chi connectivity index (χ0) is 25.4. The van der Waals surface area contributed by atoms with Gasteiger partial charge in [-0.15, -0.1) is 5.11 Å². The molecular weight excluding hydrogens is 472 g/mol. The van der Waals surface area contributed by atoms with Gasteiger partial charge in [0.05, 0.1) is 36.2 Å². The highest BCUT2D eigenvalue weighted by Gasteiger charge is 2.18. The molecule has 0 aliphatic carbocycles. The first-order valence-corrected chi connectivity index (χ1v) is 11.8. The van der Waals surface area contributed by atoms with E-state index >= 15 is 0 Å². The molecule has 3 rings (SSSR count). The van der Waals surface area contributed by atoms with Crippen LogP contribution in [0.4, 0.5) is 17.1 Å². The quantitative estimate of drug-likeness (QED) is 0.216. The molecule has 0 aliphatic rings. The third-order valence-corrected chi connectivity index (χ3v) is 6.02. The molecule has 1 amide bonds. The van der Waals surface area contributed by atoms with Gasteiger partial charge in [0.15, 0.2) is 5.70 Å². The average molecular weight is 497 g/mol. The molecule has 35 heavy (non-hydrogen) atoms. The van der Waals surface area contributed by atoms with E-state index in [0.29, 0.717) is 17.2 Å². The molecule has 0 aromatic heterocycles. The Morgan fingerprint density at radius 1 is 0.886 bits per heavy atom. The minimum atomic E-state index is -3.97. The number of methoxy groups -OCH3 is 2. The third kappa shape index (κ3) is 6.36. The van der Waals surface area contributed by atoms with Gasteiger partial charge < -0.3 is 19.9 Å². The Balaban J connectivity index is 1.83. The Labute approximate surface area is 203 Å². The van der Waals surface area contributed by atoms with E-state index in [1.54, 1.807) is 48.5 Å². The van der Waals surface area contributed by atoms with Gasteiger partial charge in [-0.1, -0.05) is 30.3 Å². The van der Waals surface area contributed by atoms with Gasteiger partial charge in [-0.3, -0.25) is 9.52 Å². The SMILES string of the molecule is COc1ccccc1NC(=O)/C(N=Nc1cccc(S(=O)(=O)Nc2ccccc2OC)c1)=C(/C)O. The maximum Gasteiger partial charge on any atom is 0.279 e. The predicted octanol–water partition coefficient (Wildman–Crippen LogP) is 5.02. The summed E-state index contributed by atoms with van der Waals surface area (Å²) >= 11 is 0. The maximum absolute atomic E-state index is 12.9. The van der Waals surface area contributed by atoms with E-state index in [2.05, 4.69) is 20.3 Å². The Morgan fingerprint density at radius 3 is 2.11 bits per heavy atom. The Morgan fingerprint density at radius 2 is 1.49 bits per heavy atom. The van der Waals surface area contributed by atoms with Gasteiger partial charge in [0, 0.05) is 0 Å². The molecule has 0 unspecified atom stereocenters. The van der Waals surface area contributed by atoms with Crippen molar-refractivity contribution in [3.05, 3.63) is 84.3 Å². The van der Waals surface area contributed by atoms with Crippen LogP contribution in [0.2, 0.25) is 0 Å². The summed E-state index contributed by atoms with van der Waals surface area (Å²) in [6.07, 6.45) is 0. The smallest absolute Gasteiger partial charge is 0.279 e. The molecular formula is C24H24N4O6S. The number of hydrogen-bond donors (Lipinski definition) is 3. The highest BCUT2D eigenvalue weighted by Crippen LogP contribution is 2.28. The second kappa shape index (κ2) is 11.2. The first-order chi connectivity index (χ1) is 16.7. The van der Waals surface area contributed by atoms with Crippen molar-refractivity contribution in [2.24, 2.45) is 10.2 Å². The molecule has 0 heterocycles. The molecule has 0 bridgehead atoms. The van der Waals surface area contributed by atoms with Crippen molar-refractivity contribution in [1.29, 1.82) is 0 Å². The number of carbonyl (C=O) groups excluding carboxylic acids is 1. The summed E-state index contributed by atoms with van der Waals surface area (Å²) in [6, 6.07) is 19.0. The Kier molecular flexibility index (Phi) is 8.05. The number of benzene rings is 3. The molecule has 11 heteroatoms. The molecule has 0 spiro atoms. The zero-order valence-corrected chi connectivity index (χ0v) is 20.0. The first kappa shape index (κ1) is 25.2. The van der Waals surface area contributed by atoms with Crippen LogP contribution in [0, 0.1) is 0 Å². The number of sulfonamides is 1. The van der Waals surface area contributed by atoms with Gasteiger partial charge in [-0.05, 0) is 49.4 Å². The topological polar surface area (TPSA) is 139 Å². The number of anilines is 2. The fourth-order valence-electron chi connectivity index (χ4n) is 2.96. The summed E-state index contributed by atoms with van der Waals surface area (Å²) in [5, 5.41) is 20.4. The van der Waals surface area contributed by atoms with Gasteiger partial charge in [0.2, 0.25) is 0 Å². The minimum absolute atomic E-state index is 0.0791. The van der Waals surface area contributed by atoms with E-state index in [1.165, 1.54) is 45.4 Å². The van der Waals surface area contributed by atoms with Gasteiger partial charge in [-0.25, -0.2) is 8.42 Å². The standard InChI is InChI=1S/C24H24N4O6S/c1-16(29)23(24(30)25-19-11-4-6-13-21(19)33-2)27-26-17-9-8-10-18(15-17)35(31,32)28-20-12-5-7-14-22(20)34-3/h4-15,28-29H,1-3H3,(H,25,30)/b23-16+,27-26?. The molecule has 0 saturated carbocycles. The van der Waals surface area contributed by atoms with Crippen LogP contribution in [0.3, 0.4) is 0 Å². The molecule has 3 aromatic carbocycles. The highest BCUT2D eigenvalue weighted by atomic mass is 32.2. The van der Waals surface area contributed by atoms with Gasteiger partial charge in [0.25, 0.3) is 15.9 Å². The van der Waals surface area contributed by atoms with Crippen molar-refractivity contribution in [2.75, 3.05) is 24.3 Å². The number of carbonyl (C=O) groups is 1. The number of amides is 1. The van der Waals surface area contributed by atoms with Crippen molar-refractivity contribution in [2.45, 2.75) is 11.8 Å². The van der Waals surface area contributed by atoms with Crippen molar-refractivity contribution in [3.63, 3.8) is 0 Å². The van der Waals surface area contributed by atoms with E-state index < -0.39 is 15.9 Å². The Bertz CT molecular complexity index is 1380. The molecule has 0 fully saturated rings. The summed E-state index contributed by atoms with van der Waals surface area (Å²) < 4.78 is 38.6. The number of rotatable bonds is 9. The third-order valence-electron chi connectivity index (χ3n) is 4.66. The van der Waals surface area contributed by atoms with E-state index in [4.69, 9.17) is 9.47 Å². The van der Waals surface area contributed by atoms with Crippen LogP contribution in [0.5, 0.6) is 11.5 Å².